The molecule has 2 N–H and O–H groups in total. The number of carboxylic acids is 1. The molecule has 0 saturated heterocycles. The van der Waals surface area contributed by atoms with E-state index < -0.39 is 11.9 Å². The van der Waals surface area contributed by atoms with Crippen molar-refractivity contribution in [2.75, 3.05) is 39.3 Å². The molecule has 0 aliphatic heterocycles. The second-order valence-electron chi connectivity index (χ2n) is 4.89. The second-order valence-corrected chi connectivity index (χ2v) is 4.89. The van der Waals surface area contributed by atoms with Gasteiger partial charge in [0.25, 0.3) is 0 Å². The van der Waals surface area contributed by atoms with E-state index in [2.05, 4.69) is 24.1 Å². The Labute approximate surface area is 122 Å². The summed E-state index contributed by atoms with van der Waals surface area (Å²) in [5.41, 5.74) is 0. The third kappa shape index (κ3) is 7.33. The van der Waals surface area contributed by atoms with Gasteiger partial charge in [0.15, 0.2) is 0 Å². The molecule has 0 rings (SSSR count). The monoisotopic (exact) mass is 287 g/mol. The molecule has 6 nitrogen and oxygen atoms in total. The van der Waals surface area contributed by atoms with Gasteiger partial charge in [-0.2, -0.15) is 0 Å². The Morgan fingerprint density at radius 3 is 2.15 bits per heavy atom. The average Bonchev–Trinajstić information content (AvgIpc) is 2.44. The van der Waals surface area contributed by atoms with Gasteiger partial charge in [0.1, 0.15) is 0 Å². The summed E-state index contributed by atoms with van der Waals surface area (Å²) >= 11 is 0. The average molecular weight is 287 g/mol. The highest BCUT2D eigenvalue weighted by Crippen LogP contribution is 1.98. The van der Waals surface area contributed by atoms with E-state index in [-0.39, 0.29) is 12.6 Å². The molecular weight excluding hydrogens is 258 g/mol. The molecule has 0 aliphatic carbocycles. The van der Waals surface area contributed by atoms with Crippen LogP contribution in [0.15, 0.2) is 0 Å². The van der Waals surface area contributed by atoms with Gasteiger partial charge in [-0.1, -0.05) is 20.8 Å². The van der Waals surface area contributed by atoms with Crippen LogP contribution in [0.3, 0.4) is 0 Å². The summed E-state index contributed by atoms with van der Waals surface area (Å²) in [6.45, 7) is 12.3. The van der Waals surface area contributed by atoms with Crippen LogP contribution in [0.5, 0.6) is 0 Å². The summed E-state index contributed by atoms with van der Waals surface area (Å²) in [5.74, 6) is -1.46. The molecule has 2 amide bonds. The van der Waals surface area contributed by atoms with Crippen LogP contribution in [0.2, 0.25) is 0 Å². The van der Waals surface area contributed by atoms with Gasteiger partial charge in [0, 0.05) is 19.6 Å². The smallest absolute Gasteiger partial charge is 0.317 e. The second kappa shape index (κ2) is 10.5. The zero-order valence-corrected chi connectivity index (χ0v) is 13.2. The van der Waals surface area contributed by atoms with Crippen molar-refractivity contribution in [3.05, 3.63) is 0 Å². The molecule has 0 spiro atoms. The number of urea groups is 1. The molecule has 0 fully saturated rings. The molecule has 0 aliphatic rings. The zero-order chi connectivity index (χ0) is 15.5. The maximum Gasteiger partial charge on any atom is 0.317 e. The Kier molecular flexibility index (Phi) is 9.80. The number of rotatable bonds is 10. The highest BCUT2D eigenvalue weighted by atomic mass is 16.4. The molecule has 0 radical (unpaired) electrons. The Morgan fingerprint density at radius 2 is 1.70 bits per heavy atom. The maximum absolute atomic E-state index is 11.9. The Morgan fingerprint density at radius 1 is 1.10 bits per heavy atom. The molecule has 0 saturated carbocycles. The van der Waals surface area contributed by atoms with E-state index in [1.165, 1.54) is 0 Å². The molecule has 20 heavy (non-hydrogen) atoms. The van der Waals surface area contributed by atoms with E-state index in [1.54, 1.807) is 11.8 Å². The van der Waals surface area contributed by atoms with E-state index >= 15 is 0 Å². The summed E-state index contributed by atoms with van der Waals surface area (Å²) in [5, 5.41) is 11.5. The number of carbonyl (C=O) groups is 2. The zero-order valence-electron chi connectivity index (χ0n) is 13.2. The van der Waals surface area contributed by atoms with Crippen molar-refractivity contribution >= 4 is 12.0 Å². The van der Waals surface area contributed by atoms with E-state index in [4.69, 9.17) is 5.11 Å². The molecule has 0 aromatic rings. The quantitative estimate of drug-likeness (QED) is 0.638. The van der Waals surface area contributed by atoms with Crippen LogP contribution >= 0.6 is 0 Å². The molecule has 6 heteroatoms. The summed E-state index contributed by atoms with van der Waals surface area (Å²) < 4.78 is 0. The molecular formula is C14H29N3O3. The SMILES string of the molecule is CCN(CC)CCCN(CC)C(=O)NCC(C)C(=O)O. The first-order chi connectivity index (χ1) is 9.46. The van der Waals surface area contributed by atoms with Gasteiger partial charge < -0.3 is 20.2 Å². The fraction of sp³-hybridized carbons (Fsp3) is 0.857. The first kappa shape index (κ1) is 18.7. The largest absolute Gasteiger partial charge is 0.481 e. The fourth-order valence-corrected chi connectivity index (χ4v) is 1.87. The summed E-state index contributed by atoms with van der Waals surface area (Å²) in [7, 11) is 0. The van der Waals surface area contributed by atoms with Crippen molar-refractivity contribution < 1.29 is 14.7 Å². The lowest BCUT2D eigenvalue weighted by Gasteiger charge is -2.24. The Bertz CT molecular complexity index is 293. The molecule has 1 atom stereocenters. The van der Waals surface area contributed by atoms with Gasteiger partial charge >= 0.3 is 12.0 Å². The minimum absolute atomic E-state index is 0.167. The summed E-state index contributed by atoms with van der Waals surface area (Å²) in [6.07, 6.45) is 0.928. The van der Waals surface area contributed by atoms with Gasteiger partial charge in [-0.05, 0) is 33.0 Å². The lowest BCUT2D eigenvalue weighted by atomic mass is 10.2. The van der Waals surface area contributed by atoms with Crippen LogP contribution in [-0.4, -0.2) is 66.2 Å². The standard InChI is InChI=1S/C14H29N3O3/c1-5-16(6-2)9-8-10-17(7-3)14(20)15-11-12(4)13(18)19/h12H,5-11H2,1-4H3,(H,15,20)(H,18,19). The molecule has 0 heterocycles. The number of amides is 2. The number of nitrogens with zero attached hydrogens (tertiary/aromatic N) is 2. The minimum Gasteiger partial charge on any atom is -0.481 e. The third-order valence-corrected chi connectivity index (χ3v) is 3.45. The molecule has 0 aromatic carbocycles. The van der Waals surface area contributed by atoms with Crippen LogP contribution < -0.4 is 5.32 Å². The topological polar surface area (TPSA) is 72.9 Å². The van der Waals surface area contributed by atoms with Crippen LogP contribution in [0, 0.1) is 5.92 Å². The van der Waals surface area contributed by atoms with Crippen LogP contribution in [0.25, 0.3) is 0 Å². The Balaban J connectivity index is 4.05. The van der Waals surface area contributed by atoms with E-state index in [0.29, 0.717) is 13.1 Å². The number of hydrogen-bond donors (Lipinski definition) is 2. The van der Waals surface area contributed by atoms with Crippen molar-refractivity contribution in [3.63, 3.8) is 0 Å². The lowest BCUT2D eigenvalue weighted by molar-refractivity contribution is -0.140. The Hall–Kier alpha value is -1.30. The molecule has 1 unspecified atom stereocenters. The van der Waals surface area contributed by atoms with Gasteiger partial charge in [-0.15, -0.1) is 0 Å². The van der Waals surface area contributed by atoms with Crippen molar-refractivity contribution in [2.24, 2.45) is 5.92 Å². The number of hydrogen-bond acceptors (Lipinski definition) is 3. The van der Waals surface area contributed by atoms with E-state index in [1.807, 2.05) is 6.92 Å². The van der Waals surface area contributed by atoms with Crippen molar-refractivity contribution in [3.8, 4) is 0 Å². The van der Waals surface area contributed by atoms with Crippen LogP contribution in [0.1, 0.15) is 34.1 Å². The predicted octanol–water partition coefficient (Wildman–Crippen LogP) is 1.47. The fourth-order valence-electron chi connectivity index (χ4n) is 1.87. The van der Waals surface area contributed by atoms with Gasteiger partial charge in [-0.25, -0.2) is 4.79 Å². The lowest BCUT2D eigenvalue weighted by Crippen LogP contribution is -2.43. The van der Waals surface area contributed by atoms with Crippen molar-refractivity contribution in [1.82, 2.24) is 15.1 Å². The van der Waals surface area contributed by atoms with E-state index in [0.717, 1.165) is 26.1 Å². The normalized spacial score (nSPS) is 12.2. The van der Waals surface area contributed by atoms with Gasteiger partial charge in [0.2, 0.25) is 0 Å². The number of carboxylic acid groups (broad SMARTS) is 1. The summed E-state index contributed by atoms with van der Waals surface area (Å²) in [4.78, 5) is 26.7. The van der Waals surface area contributed by atoms with E-state index in [9.17, 15) is 9.59 Å². The minimum atomic E-state index is -0.894. The molecule has 0 bridgehead atoms. The highest BCUT2D eigenvalue weighted by Gasteiger charge is 2.15. The first-order valence-electron chi connectivity index (χ1n) is 7.44. The number of aliphatic carboxylic acids is 1. The predicted molar refractivity (Wildman–Crippen MR) is 79.9 cm³/mol. The van der Waals surface area contributed by atoms with Crippen molar-refractivity contribution in [1.29, 1.82) is 0 Å². The number of carbonyl (C=O) groups excluding carboxylic acids is 1. The van der Waals surface area contributed by atoms with Crippen LogP contribution in [0.4, 0.5) is 4.79 Å². The number of nitrogens with one attached hydrogen (secondary N) is 1. The third-order valence-electron chi connectivity index (χ3n) is 3.45. The highest BCUT2D eigenvalue weighted by molar-refractivity contribution is 5.75. The molecule has 0 aromatic heterocycles. The van der Waals surface area contributed by atoms with Crippen LogP contribution in [-0.2, 0) is 4.79 Å². The maximum atomic E-state index is 11.9. The molecule has 118 valence electrons. The van der Waals surface area contributed by atoms with Crippen molar-refractivity contribution in [2.45, 2.75) is 34.1 Å². The van der Waals surface area contributed by atoms with Gasteiger partial charge in [-0.3, -0.25) is 4.79 Å². The van der Waals surface area contributed by atoms with Gasteiger partial charge in [0.05, 0.1) is 5.92 Å². The summed E-state index contributed by atoms with van der Waals surface area (Å²) in [6, 6.07) is -0.180. The first-order valence-corrected chi connectivity index (χ1v) is 7.44.